The molecule has 0 saturated carbocycles. The zero-order valence-electron chi connectivity index (χ0n) is 7.02. The lowest BCUT2D eigenvalue weighted by Crippen LogP contribution is -2.06. The summed E-state index contributed by atoms with van der Waals surface area (Å²) in [6.45, 7) is -0.260. The van der Waals surface area contributed by atoms with E-state index in [0.29, 0.717) is 5.02 Å². The normalized spacial score (nSPS) is 13.5. The second kappa shape index (κ2) is 5.02. The molecule has 1 aromatic rings. The van der Waals surface area contributed by atoms with E-state index in [2.05, 4.69) is 0 Å². The number of hydrogen-bond acceptors (Lipinski definition) is 2. The highest BCUT2D eigenvalue weighted by molar-refractivity contribution is 6.30. The van der Waals surface area contributed by atoms with Crippen LogP contribution in [0, 0.1) is 0 Å². The number of rotatable bonds is 3. The van der Waals surface area contributed by atoms with E-state index in [9.17, 15) is 0 Å². The van der Waals surface area contributed by atoms with Gasteiger partial charge < -0.3 is 10.2 Å². The Morgan fingerprint density at radius 3 is 2.46 bits per heavy atom. The third kappa shape index (κ3) is 3.59. The minimum Gasteiger partial charge on any atom is -0.393 e. The van der Waals surface area contributed by atoms with Crippen LogP contribution in [0.25, 0.3) is 6.08 Å². The quantitative estimate of drug-likeness (QED) is 0.777. The van der Waals surface area contributed by atoms with Crippen LogP contribution in [-0.2, 0) is 0 Å². The molecule has 1 rings (SSSR count). The van der Waals surface area contributed by atoms with Crippen LogP contribution in [0.5, 0.6) is 0 Å². The molecular weight excluding hydrogens is 188 g/mol. The van der Waals surface area contributed by atoms with Gasteiger partial charge in [0.25, 0.3) is 0 Å². The summed E-state index contributed by atoms with van der Waals surface area (Å²) in [6.07, 6.45) is 2.47. The fourth-order valence-corrected chi connectivity index (χ4v) is 0.983. The van der Waals surface area contributed by atoms with E-state index in [1.165, 1.54) is 6.08 Å². The van der Waals surface area contributed by atoms with Crippen LogP contribution in [0.3, 0.4) is 0 Å². The van der Waals surface area contributed by atoms with E-state index >= 15 is 0 Å². The van der Waals surface area contributed by atoms with Crippen molar-refractivity contribution in [3.8, 4) is 0 Å². The zero-order valence-corrected chi connectivity index (χ0v) is 7.78. The Morgan fingerprint density at radius 2 is 1.92 bits per heavy atom. The largest absolute Gasteiger partial charge is 0.393 e. The molecule has 13 heavy (non-hydrogen) atoms. The summed E-state index contributed by atoms with van der Waals surface area (Å²) < 4.78 is 0. The van der Waals surface area contributed by atoms with Crippen molar-refractivity contribution in [1.82, 2.24) is 0 Å². The summed E-state index contributed by atoms with van der Waals surface area (Å²) in [7, 11) is 0. The Hall–Kier alpha value is -0.830. The molecular formula is C10H11ClO2. The molecule has 1 atom stereocenters. The van der Waals surface area contributed by atoms with E-state index in [-0.39, 0.29) is 6.61 Å². The van der Waals surface area contributed by atoms with Gasteiger partial charge in [-0.15, -0.1) is 0 Å². The first-order valence-corrected chi connectivity index (χ1v) is 4.33. The fraction of sp³-hybridized carbons (Fsp3) is 0.200. The number of aliphatic hydroxyl groups is 2. The maximum atomic E-state index is 9.01. The molecule has 0 bridgehead atoms. The molecule has 0 fully saturated rings. The van der Waals surface area contributed by atoms with Gasteiger partial charge in [0.05, 0.1) is 12.7 Å². The lowest BCUT2D eigenvalue weighted by Gasteiger charge is -1.98. The van der Waals surface area contributed by atoms with Crippen LogP contribution in [0.2, 0.25) is 5.02 Å². The molecule has 0 spiro atoms. The Morgan fingerprint density at radius 1 is 1.31 bits per heavy atom. The van der Waals surface area contributed by atoms with Gasteiger partial charge in [0.1, 0.15) is 0 Å². The molecule has 0 saturated heterocycles. The number of halogens is 1. The van der Waals surface area contributed by atoms with E-state index < -0.39 is 6.10 Å². The van der Waals surface area contributed by atoms with Crippen LogP contribution < -0.4 is 0 Å². The summed E-state index contributed by atoms with van der Waals surface area (Å²) in [5, 5.41) is 18.2. The van der Waals surface area contributed by atoms with Crippen molar-refractivity contribution in [3.05, 3.63) is 40.9 Å². The summed E-state index contributed by atoms with van der Waals surface area (Å²) in [5.74, 6) is 0. The Kier molecular flexibility index (Phi) is 3.96. The van der Waals surface area contributed by atoms with Gasteiger partial charge in [0.15, 0.2) is 0 Å². The molecule has 0 amide bonds. The van der Waals surface area contributed by atoms with E-state index in [0.717, 1.165) is 5.56 Å². The van der Waals surface area contributed by atoms with Gasteiger partial charge in [0, 0.05) is 5.02 Å². The minimum atomic E-state index is -0.796. The SMILES string of the molecule is OCC(O)/C=C/c1ccc(Cl)cc1. The van der Waals surface area contributed by atoms with Crippen molar-refractivity contribution in [2.75, 3.05) is 6.61 Å². The molecule has 2 N–H and O–H groups in total. The smallest absolute Gasteiger partial charge is 0.0954 e. The summed E-state index contributed by atoms with van der Waals surface area (Å²) >= 11 is 5.69. The van der Waals surface area contributed by atoms with Crippen LogP contribution in [0.4, 0.5) is 0 Å². The molecule has 0 radical (unpaired) electrons. The van der Waals surface area contributed by atoms with Gasteiger partial charge >= 0.3 is 0 Å². The maximum absolute atomic E-state index is 9.01. The third-order valence-electron chi connectivity index (χ3n) is 1.57. The first-order chi connectivity index (χ1) is 6.22. The van der Waals surface area contributed by atoms with Gasteiger partial charge in [-0.05, 0) is 17.7 Å². The molecule has 2 nitrogen and oxygen atoms in total. The van der Waals surface area contributed by atoms with Crippen LogP contribution in [-0.4, -0.2) is 22.9 Å². The second-order valence-electron chi connectivity index (χ2n) is 2.66. The summed E-state index contributed by atoms with van der Waals surface area (Å²) in [4.78, 5) is 0. The van der Waals surface area contributed by atoms with Crippen molar-refractivity contribution < 1.29 is 10.2 Å². The minimum absolute atomic E-state index is 0.260. The Balaban J connectivity index is 2.64. The van der Waals surface area contributed by atoms with E-state index in [1.807, 2.05) is 12.1 Å². The highest BCUT2D eigenvalue weighted by atomic mass is 35.5. The van der Waals surface area contributed by atoms with Crippen LogP contribution in [0.15, 0.2) is 30.3 Å². The number of aliphatic hydroxyl groups excluding tert-OH is 2. The second-order valence-corrected chi connectivity index (χ2v) is 3.10. The van der Waals surface area contributed by atoms with E-state index in [4.69, 9.17) is 21.8 Å². The van der Waals surface area contributed by atoms with Crippen molar-refractivity contribution in [1.29, 1.82) is 0 Å². The molecule has 1 aromatic carbocycles. The predicted octanol–water partition coefficient (Wildman–Crippen LogP) is 1.71. The number of hydrogen-bond donors (Lipinski definition) is 2. The molecule has 0 heterocycles. The molecule has 1 unspecified atom stereocenters. The number of benzene rings is 1. The Bertz CT molecular complexity index is 279. The van der Waals surface area contributed by atoms with Gasteiger partial charge in [-0.25, -0.2) is 0 Å². The van der Waals surface area contributed by atoms with Crippen molar-refractivity contribution >= 4 is 17.7 Å². The molecule has 3 heteroatoms. The lowest BCUT2D eigenvalue weighted by atomic mass is 10.2. The highest BCUT2D eigenvalue weighted by Gasteiger charge is 1.93. The van der Waals surface area contributed by atoms with Crippen molar-refractivity contribution in [2.45, 2.75) is 6.10 Å². The average Bonchev–Trinajstić information content (AvgIpc) is 2.16. The average molecular weight is 199 g/mol. The monoisotopic (exact) mass is 198 g/mol. The third-order valence-corrected chi connectivity index (χ3v) is 1.82. The van der Waals surface area contributed by atoms with Gasteiger partial charge in [0.2, 0.25) is 0 Å². The first kappa shape index (κ1) is 10.3. The maximum Gasteiger partial charge on any atom is 0.0954 e. The summed E-state index contributed by atoms with van der Waals surface area (Å²) in [5.41, 5.74) is 0.942. The topological polar surface area (TPSA) is 40.5 Å². The van der Waals surface area contributed by atoms with Gasteiger partial charge in [-0.3, -0.25) is 0 Å². The molecule has 0 aliphatic heterocycles. The first-order valence-electron chi connectivity index (χ1n) is 3.95. The van der Waals surface area contributed by atoms with Crippen LogP contribution in [0.1, 0.15) is 5.56 Å². The van der Waals surface area contributed by atoms with Crippen molar-refractivity contribution in [2.24, 2.45) is 0 Å². The Labute approximate surface area is 82.1 Å². The predicted molar refractivity (Wildman–Crippen MR) is 53.6 cm³/mol. The van der Waals surface area contributed by atoms with Gasteiger partial charge in [-0.2, -0.15) is 0 Å². The summed E-state index contributed by atoms with van der Waals surface area (Å²) in [6, 6.07) is 7.21. The molecule has 0 aliphatic carbocycles. The molecule has 70 valence electrons. The molecule has 0 aliphatic rings. The lowest BCUT2D eigenvalue weighted by molar-refractivity contribution is 0.131. The molecule has 0 aromatic heterocycles. The van der Waals surface area contributed by atoms with Gasteiger partial charge in [-0.1, -0.05) is 35.9 Å². The standard InChI is InChI=1S/C10H11ClO2/c11-9-4-1-8(2-5-9)3-6-10(13)7-12/h1-6,10,12-13H,7H2/b6-3+. The highest BCUT2D eigenvalue weighted by Crippen LogP contribution is 2.10. The van der Waals surface area contributed by atoms with E-state index in [1.54, 1.807) is 18.2 Å². The van der Waals surface area contributed by atoms with Crippen LogP contribution >= 0.6 is 11.6 Å². The van der Waals surface area contributed by atoms with Crippen molar-refractivity contribution in [3.63, 3.8) is 0 Å². The zero-order chi connectivity index (χ0) is 9.68. The fourth-order valence-electron chi connectivity index (χ4n) is 0.857.